The maximum absolute atomic E-state index is 13.6. The fourth-order valence-electron chi connectivity index (χ4n) is 3.47. The predicted octanol–water partition coefficient (Wildman–Crippen LogP) is 3.85. The largest absolute Gasteiger partial charge is 0.495 e. The molecule has 1 aromatic heterocycles. The third kappa shape index (κ3) is 3.51. The predicted molar refractivity (Wildman–Crippen MR) is 116 cm³/mol. The highest BCUT2D eigenvalue weighted by atomic mass is 35.5. The van der Waals surface area contributed by atoms with E-state index in [4.69, 9.17) is 21.1 Å². The van der Waals surface area contributed by atoms with Crippen molar-refractivity contribution in [3.05, 3.63) is 82.9 Å². The number of carbonyl (C=O) groups is 1. The minimum atomic E-state index is -4.29. The van der Waals surface area contributed by atoms with Gasteiger partial charge in [-0.2, -0.15) is 0 Å². The molecule has 159 valence electrons. The molecule has 3 aromatic rings. The second-order valence-corrected chi connectivity index (χ2v) is 8.74. The summed E-state index contributed by atoms with van der Waals surface area (Å²) in [6.45, 7) is 2.12. The second-order valence-electron chi connectivity index (χ2n) is 6.55. The summed E-state index contributed by atoms with van der Waals surface area (Å²) in [5.41, 5.74) is 0.960. The van der Waals surface area contributed by atoms with Crippen LogP contribution in [0.25, 0.3) is 0 Å². The van der Waals surface area contributed by atoms with Gasteiger partial charge in [0.15, 0.2) is 0 Å². The van der Waals surface area contributed by atoms with Crippen LogP contribution in [0.3, 0.4) is 0 Å². The van der Waals surface area contributed by atoms with Gasteiger partial charge >= 0.3 is 0 Å². The SMILES string of the molecule is CCOc1ncccc1[C]1C(=O)N(S(=O)(=O)c2ccccc2OC)c2ccc(Cl)cc21. The van der Waals surface area contributed by atoms with Gasteiger partial charge < -0.3 is 9.47 Å². The summed E-state index contributed by atoms with van der Waals surface area (Å²) < 4.78 is 38.8. The molecule has 0 bridgehead atoms. The first-order valence-electron chi connectivity index (χ1n) is 9.38. The van der Waals surface area contributed by atoms with E-state index in [1.165, 1.54) is 37.6 Å². The van der Waals surface area contributed by atoms with Crippen molar-refractivity contribution >= 4 is 33.2 Å². The maximum Gasteiger partial charge on any atom is 0.274 e. The number of aromatic nitrogens is 1. The molecular weight excluding hydrogens is 440 g/mol. The summed E-state index contributed by atoms with van der Waals surface area (Å²) in [6.07, 6.45) is 1.54. The molecule has 1 aliphatic rings. The molecule has 7 nitrogen and oxygen atoms in total. The highest BCUT2D eigenvalue weighted by molar-refractivity contribution is 7.93. The quantitative estimate of drug-likeness (QED) is 0.559. The van der Waals surface area contributed by atoms with Crippen LogP contribution in [0.1, 0.15) is 18.1 Å². The molecule has 0 N–H and O–H groups in total. The van der Waals surface area contributed by atoms with Gasteiger partial charge in [0.05, 0.1) is 19.4 Å². The smallest absolute Gasteiger partial charge is 0.274 e. The number of para-hydroxylation sites is 1. The van der Waals surface area contributed by atoms with Crippen molar-refractivity contribution < 1.29 is 22.7 Å². The van der Waals surface area contributed by atoms with Gasteiger partial charge in [-0.3, -0.25) is 4.79 Å². The first-order chi connectivity index (χ1) is 14.9. The van der Waals surface area contributed by atoms with Crippen LogP contribution in [0, 0.1) is 5.92 Å². The molecule has 1 radical (unpaired) electrons. The Labute approximate surface area is 185 Å². The fraction of sp³-hybridized carbons (Fsp3) is 0.136. The molecule has 31 heavy (non-hydrogen) atoms. The van der Waals surface area contributed by atoms with E-state index in [9.17, 15) is 13.2 Å². The Morgan fingerprint density at radius 3 is 2.58 bits per heavy atom. The van der Waals surface area contributed by atoms with Crippen LogP contribution in [0.5, 0.6) is 11.6 Å². The van der Waals surface area contributed by atoms with E-state index in [0.717, 1.165) is 4.31 Å². The average Bonchev–Trinajstić information content (AvgIpc) is 3.06. The van der Waals surface area contributed by atoms with Crippen molar-refractivity contribution in [1.82, 2.24) is 4.98 Å². The van der Waals surface area contributed by atoms with Gasteiger partial charge in [-0.1, -0.05) is 29.8 Å². The first-order valence-corrected chi connectivity index (χ1v) is 11.2. The molecule has 0 saturated carbocycles. The Morgan fingerprint density at radius 1 is 1.06 bits per heavy atom. The van der Waals surface area contributed by atoms with Crippen LogP contribution < -0.4 is 13.8 Å². The van der Waals surface area contributed by atoms with Crippen molar-refractivity contribution in [2.45, 2.75) is 11.8 Å². The van der Waals surface area contributed by atoms with Gasteiger partial charge in [0, 0.05) is 22.3 Å². The zero-order chi connectivity index (χ0) is 22.2. The number of hydrogen-bond acceptors (Lipinski definition) is 6. The molecule has 0 unspecified atom stereocenters. The molecule has 0 spiro atoms. The van der Waals surface area contributed by atoms with Crippen molar-refractivity contribution in [3.63, 3.8) is 0 Å². The molecule has 2 aromatic carbocycles. The summed E-state index contributed by atoms with van der Waals surface area (Å²) in [5.74, 6) is -0.212. The molecule has 0 aliphatic carbocycles. The van der Waals surface area contributed by atoms with Crippen LogP contribution >= 0.6 is 11.6 Å². The van der Waals surface area contributed by atoms with E-state index in [1.807, 2.05) is 0 Å². The number of anilines is 1. The monoisotopic (exact) mass is 457 g/mol. The standard InChI is InChI=1S/C22H18ClN2O5S/c1-3-30-21-15(7-6-12-24-21)20-16-13-14(23)10-11-17(16)25(22(20)26)31(27,28)19-9-5-4-8-18(19)29-2/h4-13H,3H2,1-2H3. The molecule has 0 fully saturated rings. The zero-order valence-corrected chi connectivity index (χ0v) is 18.3. The lowest BCUT2D eigenvalue weighted by atomic mass is 9.93. The number of methoxy groups -OCH3 is 1. The zero-order valence-electron chi connectivity index (χ0n) is 16.7. The molecule has 4 rings (SSSR count). The van der Waals surface area contributed by atoms with E-state index in [-0.39, 0.29) is 28.1 Å². The van der Waals surface area contributed by atoms with Gasteiger partial charge in [-0.25, -0.2) is 17.7 Å². The summed E-state index contributed by atoms with van der Waals surface area (Å²) in [7, 11) is -2.92. The Balaban J connectivity index is 1.93. The van der Waals surface area contributed by atoms with Crippen LogP contribution in [-0.4, -0.2) is 33.0 Å². The molecular formula is C22H18ClN2O5S. The Morgan fingerprint density at radius 2 is 1.84 bits per heavy atom. The Hall–Kier alpha value is -3.10. The van der Waals surface area contributed by atoms with Crippen LogP contribution in [0.15, 0.2) is 65.7 Å². The number of nitrogens with zero attached hydrogens (tertiary/aromatic N) is 2. The fourth-order valence-corrected chi connectivity index (χ4v) is 5.23. The average molecular weight is 458 g/mol. The van der Waals surface area contributed by atoms with E-state index >= 15 is 0 Å². The second kappa shape index (κ2) is 8.20. The number of sulfonamides is 1. The topological polar surface area (TPSA) is 85.8 Å². The van der Waals surface area contributed by atoms with Crippen LogP contribution in [0.4, 0.5) is 5.69 Å². The minimum Gasteiger partial charge on any atom is -0.495 e. The van der Waals surface area contributed by atoms with Crippen molar-refractivity contribution in [3.8, 4) is 11.6 Å². The molecule has 0 saturated heterocycles. The third-order valence-electron chi connectivity index (χ3n) is 4.75. The van der Waals surface area contributed by atoms with Crippen LogP contribution in [-0.2, 0) is 14.8 Å². The van der Waals surface area contributed by atoms with Gasteiger partial charge in [0.1, 0.15) is 16.6 Å². The molecule has 1 aliphatic heterocycles. The Bertz CT molecular complexity index is 1260. The summed E-state index contributed by atoms with van der Waals surface area (Å²) in [5, 5.41) is 0.363. The third-order valence-corrected chi connectivity index (χ3v) is 6.73. The molecule has 1 amide bonds. The Kier molecular flexibility index (Phi) is 5.60. The van der Waals surface area contributed by atoms with Crippen molar-refractivity contribution in [1.29, 1.82) is 0 Å². The summed E-state index contributed by atoms with van der Waals surface area (Å²) in [6, 6.07) is 14.1. The van der Waals surface area contributed by atoms with Gasteiger partial charge in [0.25, 0.3) is 15.9 Å². The summed E-state index contributed by atoms with van der Waals surface area (Å²) in [4.78, 5) is 17.7. The number of pyridine rings is 1. The first kappa shape index (κ1) is 21.1. The number of carbonyl (C=O) groups excluding carboxylic acids is 1. The van der Waals surface area contributed by atoms with E-state index < -0.39 is 15.9 Å². The van der Waals surface area contributed by atoms with Gasteiger partial charge in [-0.05, 0) is 43.3 Å². The number of rotatable bonds is 6. The molecule has 0 atom stereocenters. The maximum atomic E-state index is 13.6. The highest BCUT2D eigenvalue weighted by Crippen LogP contribution is 2.46. The van der Waals surface area contributed by atoms with E-state index in [2.05, 4.69) is 4.98 Å². The van der Waals surface area contributed by atoms with Crippen molar-refractivity contribution in [2.75, 3.05) is 18.0 Å². The van der Waals surface area contributed by atoms with Crippen LogP contribution in [0.2, 0.25) is 5.02 Å². The normalized spacial score (nSPS) is 13.9. The van der Waals surface area contributed by atoms with Crippen molar-refractivity contribution in [2.24, 2.45) is 0 Å². The molecule has 9 heteroatoms. The van der Waals surface area contributed by atoms with Gasteiger partial charge in [-0.15, -0.1) is 0 Å². The number of hydrogen-bond donors (Lipinski definition) is 0. The lowest BCUT2D eigenvalue weighted by molar-refractivity contribution is -0.114. The minimum absolute atomic E-state index is 0.121. The van der Waals surface area contributed by atoms with E-state index in [0.29, 0.717) is 22.8 Å². The highest BCUT2D eigenvalue weighted by Gasteiger charge is 2.47. The van der Waals surface area contributed by atoms with E-state index in [1.54, 1.807) is 37.3 Å². The number of amides is 1. The number of fused-ring (bicyclic) bond motifs is 1. The number of halogens is 1. The molecule has 2 heterocycles. The lowest BCUT2D eigenvalue weighted by Gasteiger charge is -2.20. The number of ether oxygens (including phenoxy) is 2. The van der Waals surface area contributed by atoms with Gasteiger partial charge in [0.2, 0.25) is 5.88 Å². The summed E-state index contributed by atoms with van der Waals surface area (Å²) >= 11 is 6.19. The lowest BCUT2D eigenvalue weighted by Crippen LogP contribution is -2.36. The number of benzene rings is 2.